The number of hydrogen-bond acceptors (Lipinski definition) is 4. The van der Waals surface area contributed by atoms with Crippen LogP contribution >= 0.6 is 0 Å². The van der Waals surface area contributed by atoms with E-state index in [2.05, 4.69) is 22.3 Å². The molecule has 1 amide bonds. The van der Waals surface area contributed by atoms with Gasteiger partial charge in [-0.05, 0) is 60.9 Å². The van der Waals surface area contributed by atoms with Crippen molar-refractivity contribution < 1.29 is 13.2 Å². The van der Waals surface area contributed by atoms with Crippen LogP contribution in [-0.2, 0) is 14.8 Å². The zero-order valence-corrected chi connectivity index (χ0v) is 16.5. The molecule has 0 radical (unpaired) electrons. The van der Waals surface area contributed by atoms with Crippen LogP contribution in [0.5, 0.6) is 0 Å². The van der Waals surface area contributed by atoms with Crippen LogP contribution in [0.15, 0.2) is 59.5 Å². The lowest BCUT2D eigenvalue weighted by Crippen LogP contribution is -2.23. The number of sulfonamides is 1. The van der Waals surface area contributed by atoms with E-state index in [0.29, 0.717) is 5.69 Å². The molecule has 1 aliphatic heterocycles. The predicted molar refractivity (Wildman–Crippen MR) is 113 cm³/mol. The summed E-state index contributed by atoms with van der Waals surface area (Å²) in [5.74, 6) is -0.292. The van der Waals surface area contributed by atoms with Gasteiger partial charge in [-0.3, -0.25) is 4.79 Å². The number of carbonyl (C=O) groups excluding carboxylic acids is 1. The molecule has 7 heteroatoms. The van der Waals surface area contributed by atoms with Gasteiger partial charge in [0.2, 0.25) is 15.9 Å². The molecule has 148 valence electrons. The molecule has 0 aliphatic carbocycles. The number of anilines is 2. The van der Waals surface area contributed by atoms with E-state index in [-0.39, 0.29) is 10.8 Å². The predicted octanol–water partition coefficient (Wildman–Crippen LogP) is 3.37. The highest BCUT2D eigenvalue weighted by atomic mass is 32.2. The van der Waals surface area contributed by atoms with Crippen LogP contribution in [0.1, 0.15) is 31.2 Å². The molecular formula is C21H25N3O3S. The molecule has 28 heavy (non-hydrogen) atoms. The minimum absolute atomic E-state index is 0.00513. The first kappa shape index (κ1) is 20.1. The van der Waals surface area contributed by atoms with Crippen LogP contribution in [0.3, 0.4) is 0 Å². The summed E-state index contributed by atoms with van der Waals surface area (Å²) in [5.41, 5.74) is 2.66. The van der Waals surface area contributed by atoms with Gasteiger partial charge in [0.25, 0.3) is 0 Å². The number of nitrogens with two attached hydrogens (primary N) is 1. The second kappa shape index (κ2) is 9.03. The lowest BCUT2D eigenvalue weighted by molar-refractivity contribution is -0.111. The third-order valence-electron chi connectivity index (χ3n) is 4.74. The lowest BCUT2D eigenvalue weighted by atomic mass is 10.1. The minimum Gasteiger partial charge on any atom is -0.372 e. The zero-order chi connectivity index (χ0) is 20.0. The molecule has 2 aromatic rings. The molecule has 0 aromatic heterocycles. The van der Waals surface area contributed by atoms with Gasteiger partial charge in [0.15, 0.2) is 0 Å². The largest absolute Gasteiger partial charge is 0.372 e. The first-order chi connectivity index (χ1) is 13.4. The number of benzene rings is 2. The van der Waals surface area contributed by atoms with Crippen molar-refractivity contribution in [1.29, 1.82) is 0 Å². The second-order valence-corrected chi connectivity index (χ2v) is 8.45. The molecule has 1 fully saturated rings. The minimum atomic E-state index is -3.74. The number of carbonyl (C=O) groups is 1. The van der Waals surface area contributed by atoms with E-state index in [0.717, 1.165) is 18.7 Å². The van der Waals surface area contributed by atoms with Gasteiger partial charge in [0.05, 0.1) is 4.90 Å². The molecule has 0 saturated carbocycles. The van der Waals surface area contributed by atoms with Gasteiger partial charge < -0.3 is 10.2 Å². The van der Waals surface area contributed by atoms with E-state index in [1.165, 1.54) is 61.7 Å². The normalized spacial score (nSPS) is 15.4. The molecule has 0 unspecified atom stereocenters. The van der Waals surface area contributed by atoms with Crippen molar-refractivity contribution in [3.05, 3.63) is 60.2 Å². The van der Waals surface area contributed by atoms with Crippen LogP contribution in [-0.4, -0.2) is 27.4 Å². The molecule has 6 nitrogen and oxygen atoms in total. The molecule has 0 bridgehead atoms. The van der Waals surface area contributed by atoms with E-state index < -0.39 is 10.0 Å². The van der Waals surface area contributed by atoms with Gasteiger partial charge in [0, 0.05) is 30.5 Å². The average molecular weight is 400 g/mol. The summed E-state index contributed by atoms with van der Waals surface area (Å²) in [6.07, 6.45) is 8.28. The third-order valence-corrected chi connectivity index (χ3v) is 5.67. The van der Waals surface area contributed by atoms with Crippen molar-refractivity contribution in [2.24, 2.45) is 5.14 Å². The highest BCUT2D eigenvalue weighted by Gasteiger charge is 2.09. The number of nitrogens with one attached hydrogen (secondary N) is 1. The van der Waals surface area contributed by atoms with Crippen molar-refractivity contribution >= 4 is 33.4 Å². The van der Waals surface area contributed by atoms with Gasteiger partial charge >= 0.3 is 0 Å². The van der Waals surface area contributed by atoms with Crippen molar-refractivity contribution in [3.63, 3.8) is 0 Å². The Morgan fingerprint density at radius 3 is 2.11 bits per heavy atom. The number of nitrogens with zero attached hydrogens (tertiary/aromatic N) is 1. The second-order valence-electron chi connectivity index (χ2n) is 6.88. The maximum atomic E-state index is 12.1. The van der Waals surface area contributed by atoms with E-state index in [1.807, 2.05) is 12.1 Å². The topological polar surface area (TPSA) is 92.5 Å². The van der Waals surface area contributed by atoms with Crippen molar-refractivity contribution in [2.75, 3.05) is 23.3 Å². The maximum Gasteiger partial charge on any atom is 0.248 e. The maximum absolute atomic E-state index is 12.1. The molecule has 1 aliphatic rings. The first-order valence-corrected chi connectivity index (χ1v) is 10.9. The van der Waals surface area contributed by atoms with Crippen LogP contribution < -0.4 is 15.4 Å². The Bertz CT molecular complexity index is 928. The number of hydrogen-bond donors (Lipinski definition) is 2. The number of primary sulfonamides is 1. The smallest absolute Gasteiger partial charge is 0.248 e. The van der Waals surface area contributed by atoms with Crippen LogP contribution in [0.4, 0.5) is 11.4 Å². The highest BCUT2D eigenvalue weighted by Crippen LogP contribution is 2.20. The lowest BCUT2D eigenvalue weighted by Gasteiger charge is -2.22. The molecule has 0 spiro atoms. The van der Waals surface area contributed by atoms with Gasteiger partial charge in [0.1, 0.15) is 0 Å². The van der Waals surface area contributed by atoms with E-state index in [1.54, 1.807) is 6.08 Å². The Morgan fingerprint density at radius 2 is 1.54 bits per heavy atom. The molecular weight excluding hydrogens is 374 g/mol. The number of rotatable bonds is 5. The SMILES string of the molecule is NS(=O)(=O)c1ccc(NC(=O)/C=C/c2ccc(N3CCCCCC3)cc2)cc1. The molecule has 2 aromatic carbocycles. The van der Waals surface area contributed by atoms with Crippen LogP contribution in [0.25, 0.3) is 6.08 Å². The van der Waals surface area contributed by atoms with E-state index in [4.69, 9.17) is 5.14 Å². The summed E-state index contributed by atoms with van der Waals surface area (Å²) in [6.45, 7) is 2.20. The van der Waals surface area contributed by atoms with Gasteiger partial charge in [-0.25, -0.2) is 13.6 Å². The van der Waals surface area contributed by atoms with Gasteiger partial charge in [-0.15, -0.1) is 0 Å². The monoisotopic (exact) mass is 399 g/mol. The Balaban J connectivity index is 1.57. The Morgan fingerprint density at radius 1 is 0.929 bits per heavy atom. The molecule has 1 heterocycles. The standard InChI is InChI=1S/C21H25N3O3S/c22-28(26,27)20-12-8-18(9-13-20)23-21(25)14-7-17-5-10-19(11-6-17)24-15-3-1-2-4-16-24/h5-14H,1-4,15-16H2,(H,23,25)(H2,22,26,27)/b14-7+. The van der Waals surface area contributed by atoms with E-state index >= 15 is 0 Å². The highest BCUT2D eigenvalue weighted by molar-refractivity contribution is 7.89. The zero-order valence-electron chi connectivity index (χ0n) is 15.7. The van der Waals surface area contributed by atoms with Crippen molar-refractivity contribution in [3.8, 4) is 0 Å². The third kappa shape index (κ3) is 5.68. The van der Waals surface area contributed by atoms with Gasteiger partial charge in [-0.1, -0.05) is 25.0 Å². The summed E-state index contributed by atoms with van der Waals surface area (Å²) in [5, 5.41) is 7.75. The van der Waals surface area contributed by atoms with Crippen molar-refractivity contribution in [2.45, 2.75) is 30.6 Å². The fourth-order valence-electron chi connectivity index (χ4n) is 3.21. The Hall–Kier alpha value is -2.64. The molecule has 0 atom stereocenters. The summed E-state index contributed by atoms with van der Waals surface area (Å²) in [7, 11) is -3.74. The number of amides is 1. The first-order valence-electron chi connectivity index (χ1n) is 9.39. The van der Waals surface area contributed by atoms with Gasteiger partial charge in [-0.2, -0.15) is 0 Å². The van der Waals surface area contributed by atoms with Crippen LogP contribution in [0.2, 0.25) is 0 Å². The fourth-order valence-corrected chi connectivity index (χ4v) is 3.72. The Kier molecular flexibility index (Phi) is 6.49. The summed E-state index contributed by atoms with van der Waals surface area (Å²) < 4.78 is 22.5. The van der Waals surface area contributed by atoms with Crippen molar-refractivity contribution in [1.82, 2.24) is 0 Å². The summed E-state index contributed by atoms with van der Waals surface area (Å²) in [6, 6.07) is 13.9. The van der Waals surface area contributed by atoms with Crippen LogP contribution in [0, 0.1) is 0 Å². The molecule has 3 N–H and O–H groups in total. The fraction of sp³-hybridized carbons (Fsp3) is 0.286. The molecule has 3 rings (SSSR count). The molecule has 1 saturated heterocycles. The Labute approximate surface area is 166 Å². The quantitative estimate of drug-likeness (QED) is 0.754. The van der Waals surface area contributed by atoms with E-state index in [9.17, 15) is 13.2 Å². The summed E-state index contributed by atoms with van der Waals surface area (Å²) in [4.78, 5) is 14.5. The average Bonchev–Trinajstić information content (AvgIpc) is 2.96. The summed E-state index contributed by atoms with van der Waals surface area (Å²) >= 11 is 0.